The first-order chi connectivity index (χ1) is 12.0. The molecule has 1 aliphatic heterocycles. The molecule has 0 aliphatic carbocycles. The molecule has 1 aliphatic rings. The molecule has 0 unspecified atom stereocenters. The molecule has 0 N–H and O–H groups in total. The van der Waals surface area contributed by atoms with Gasteiger partial charge in [0.2, 0.25) is 0 Å². The number of hydrogen-bond donors (Lipinski definition) is 0. The average molecular weight is 336 g/mol. The summed E-state index contributed by atoms with van der Waals surface area (Å²) in [5.41, 5.74) is 3.89. The van der Waals surface area contributed by atoms with E-state index in [4.69, 9.17) is 9.47 Å². The summed E-state index contributed by atoms with van der Waals surface area (Å²) in [5, 5.41) is 5.83. The Morgan fingerprint density at radius 2 is 1.64 bits per heavy atom. The molecule has 0 atom stereocenters. The monoisotopic (exact) mass is 336 g/mol. The number of ether oxygens (including phenoxy) is 2. The first-order valence-electron chi connectivity index (χ1n) is 7.94. The Morgan fingerprint density at radius 1 is 1.00 bits per heavy atom. The largest absolute Gasteiger partial charge is 0.493 e. The summed E-state index contributed by atoms with van der Waals surface area (Å²) in [6.45, 7) is 3.80. The molecule has 1 heterocycles. The van der Waals surface area contributed by atoms with Gasteiger partial charge in [0.05, 0.1) is 31.2 Å². The van der Waals surface area contributed by atoms with Crippen LogP contribution in [0.1, 0.15) is 18.1 Å². The number of rotatable bonds is 4. The van der Waals surface area contributed by atoms with Crippen LogP contribution in [-0.4, -0.2) is 25.8 Å². The van der Waals surface area contributed by atoms with Gasteiger partial charge in [0.25, 0.3) is 5.91 Å². The highest BCUT2D eigenvalue weighted by Gasteiger charge is 2.28. The molecule has 2 aromatic rings. The van der Waals surface area contributed by atoms with Gasteiger partial charge < -0.3 is 9.47 Å². The van der Waals surface area contributed by atoms with Crippen molar-refractivity contribution >= 4 is 23.4 Å². The molecule has 0 radical (unpaired) electrons. The van der Waals surface area contributed by atoms with Gasteiger partial charge in [-0.25, -0.2) is 0 Å². The van der Waals surface area contributed by atoms with Gasteiger partial charge in [0, 0.05) is 0 Å². The lowest BCUT2D eigenvalue weighted by molar-refractivity contribution is -0.114. The molecule has 0 aromatic heterocycles. The van der Waals surface area contributed by atoms with Crippen LogP contribution >= 0.6 is 0 Å². The number of carbonyl (C=O) groups is 1. The second-order valence-electron chi connectivity index (χ2n) is 5.76. The van der Waals surface area contributed by atoms with E-state index in [-0.39, 0.29) is 5.91 Å². The van der Waals surface area contributed by atoms with Crippen molar-refractivity contribution in [3.63, 3.8) is 0 Å². The van der Waals surface area contributed by atoms with Crippen LogP contribution in [0.3, 0.4) is 0 Å². The van der Waals surface area contributed by atoms with E-state index in [0.717, 1.165) is 16.8 Å². The van der Waals surface area contributed by atoms with Crippen LogP contribution in [0.2, 0.25) is 0 Å². The number of hydrazone groups is 1. The quantitative estimate of drug-likeness (QED) is 0.798. The molecule has 0 spiro atoms. The van der Waals surface area contributed by atoms with Gasteiger partial charge in [0.1, 0.15) is 0 Å². The van der Waals surface area contributed by atoms with Gasteiger partial charge in [-0.05, 0) is 55.3 Å². The van der Waals surface area contributed by atoms with Crippen LogP contribution in [0.15, 0.2) is 53.1 Å². The van der Waals surface area contributed by atoms with Crippen molar-refractivity contribution in [3.8, 4) is 11.5 Å². The first kappa shape index (κ1) is 16.8. The van der Waals surface area contributed by atoms with Crippen LogP contribution in [0.25, 0.3) is 6.08 Å². The number of amides is 1. The molecule has 2 aromatic carbocycles. The topological polar surface area (TPSA) is 51.1 Å². The molecule has 25 heavy (non-hydrogen) atoms. The number of hydrogen-bond acceptors (Lipinski definition) is 4. The molecular formula is C20H20N2O3. The summed E-state index contributed by atoms with van der Waals surface area (Å²) in [6.07, 6.45) is 1.85. The minimum Gasteiger partial charge on any atom is -0.493 e. The standard InChI is InChI=1S/C20H20N2O3/c1-13-10-18(24-3)19(25-4)12-15(13)11-17-14(2)21-22(20(17)23)16-8-6-5-7-9-16/h5-12H,1-4H3/b17-11-. The molecule has 3 rings (SSSR count). The van der Waals surface area contributed by atoms with E-state index in [1.165, 1.54) is 5.01 Å². The summed E-state index contributed by atoms with van der Waals surface area (Å²) in [5.74, 6) is 1.15. The Kier molecular flexibility index (Phi) is 4.57. The predicted octanol–water partition coefficient (Wildman–Crippen LogP) is 3.82. The molecule has 0 saturated carbocycles. The third-order valence-corrected chi connectivity index (χ3v) is 4.14. The molecule has 5 nitrogen and oxygen atoms in total. The molecule has 5 heteroatoms. The van der Waals surface area contributed by atoms with Crippen molar-refractivity contribution in [3.05, 3.63) is 59.2 Å². The summed E-state index contributed by atoms with van der Waals surface area (Å²) in [4.78, 5) is 12.8. The zero-order valence-corrected chi connectivity index (χ0v) is 14.7. The minimum absolute atomic E-state index is 0.141. The summed E-state index contributed by atoms with van der Waals surface area (Å²) in [6, 6.07) is 13.2. The zero-order valence-electron chi connectivity index (χ0n) is 14.7. The Hall–Kier alpha value is -3.08. The van der Waals surface area contributed by atoms with Crippen molar-refractivity contribution in [1.82, 2.24) is 0 Å². The van der Waals surface area contributed by atoms with Gasteiger partial charge in [-0.1, -0.05) is 18.2 Å². The average Bonchev–Trinajstić information content (AvgIpc) is 2.91. The fraction of sp³-hybridized carbons (Fsp3) is 0.200. The Morgan fingerprint density at radius 3 is 2.28 bits per heavy atom. The number of benzene rings is 2. The normalized spacial score (nSPS) is 15.5. The van der Waals surface area contributed by atoms with Crippen molar-refractivity contribution in [1.29, 1.82) is 0 Å². The van der Waals surface area contributed by atoms with Crippen LogP contribution in [-0.2, 0) is 4.79 Å². The van der Waals surface area contributed by atoms with Crippen molar-refractivity contribution < 1.29 is 14.3 Å². The Bertz CT molecular complexity index is 870. The number of para-hydroxylation sites is 1. The summed E-state index contributed by atoms with van der Waals surface area (Å²) >= 11 is 0. The van der Waals surface area contributed by atoms with Crippen LogP contribution < -0.4 is 14.5 Å². The van der Waals surface area contributed by atoms with Crippen molar-refractivity contribution in [2.45, 2.75) is 13.8 Å². The van der Waals surface area contributed by atoms with E-state index in [1.54, 1.807) is 14.2 Å². The summed E-state index contributed by atoms with van der Waals surface area (Å²) < 4.78 is 10.7. The zero-order chi connectivity index (χ0) is 18.0. The maximum atomic E-state index is 12.8. The fourth-order valence-corrected chi connectivity index (χ4v) is 2.74. The lowest BCUT2D eigenvalue weighted by Crippen LogP contribution is -2.21. The van der Waals surface area contributed by atoms with Crippen LogP contribution in [0, 0.1) is 6.92 Å². The SMILES string of the molecule is COc1cc(C)c(/C=C2\C(=O)N(c3ccccc3)N=C2C)cc1OC. The highest BCUT2D eigenvalue weighted by Crippen LogP contribution is 2.32. The minimum atomic E-state index is -0.141. The number of carbonyl (C=O) groups excluding carboxylic acids is 1. The first-order valence-corrected chi connectivity index (χ1v) is 7.94. The highest BCUT2D eigenvalue weighted by atomic mass is 16.5. The van der Waals surface area contributed by atoms with Crippen LogP contribution in [0.4, 0.5) is 5.69 Å². The number of aryl methyl sites for hydroxylation is 1. The summed E-state index contributed by atoms with van der Waals surface area (Å²) in [7, 11) is 3.19. The predicted molar refractivity (Wildman–Crippen MR) is 99.3 cm³/mol. The van der Waals surface area contributed by atoms with Gasteiger partial charge in [-0.2, -0.15) is 10.1 Å². The number of nitrogens with zero attached hydrogens (tertiary/aromatic N) is 2. The second kappa shape index (κ2) is 6.81. The molecule has 0 bridgehead atoms. The third kappa shape index (κ3) is 3.13. The molecule has 0 fully saturated rings. The van der Waals surface area contributed by atoms with Gasteiger partial charge in [0.15, 0.2) is 11.5 Å². The number of methoxy groups -OCH3 is 2. The van der Waals surface area contributed by atoms with E-state index in [0.29, 0.717) is 22.8 Å². The highest BCUT2D eigenvalue weighted by molar-refractivity contribution is 6.32. The smallest absolute Gasteiger partial charge is 0.280 e. The molecular weight excluding hydrogens is 316 g/mol. The molecule has 128 valence electrons. The van der Waals surface area contributed by atoms with E-state index >= 15 is 0 Å². The third-order valence-electron chi connectivity index (χ3n) is 4.14. The lowest BCUT2D eigenvalue weighted by Gasteiger charge is -2.12. The maximum absolute atomic E-state index is 12.8. The molecule has 0 saturated heterocycles. The van der Waals surface area contributed by atoms with Crippen LogP contribution in [0.5, 0.6) is 11.5 Å². The van der Waals surface area contributed by atoms with Gasteiger partial charge in [-0.3, -0.25) is 4.79 Å². The van der Waals surface area contributed by atoms with E-state index in [2.05, 4.69) is 5.10 Å². The Labute approximate surface area is 147 Å². The lowest BCUT2D eigenvalue weighted by atomic mass is 10.0. The van der Waals surface area contributed by atoms with Gasteiger partial charge in [-0.15, -0.1) is 0 Å². The van der Waals surface area contributed by atoms with E-state index in [9.17, 15) is 4.79 Å². The molecule has 1 amide bonds. The fourth-order valence-electron chi connectivity index (χ4n) is 2.74. The van der Waals surface area contributed by atoms with Crippen molar-refractivity contribution in [2.75, 3.05) is 19.2 Å². The number of anilines is 1. The van der Waals surface area contributed by atoms with Gasteiger partial charge >= 0.3 is 0 Å². The second-order valence-corrected chi connectivity index (χ2v) is 5.76. The maximum Gasteiger partial charge on any atom is 0.280 e. The van der Waals surface area contributed by atoms with E-state index < -0.39 is 0 Å². The van der Waals surface area contributed by atoms with E-state index in [1.807, 2.05) is 62.4 Å². The van der Waals surface area contributed by atoms with Crippen molar-refractivity contribution in [2.24, 2.45) is 5.10 Å². The Balaban J connectivity index is 2.00.